The fraction of sp³-hybridized carbons (Fsp3) is 0.526. The Labute approximate surface area is 147 Å². The van der Waals surface area contributed by atoms with Gasteiger partial charge in [-0.15, -0.1) is 0 Å². The van der Waals surface area contributed by atoms with Crippen molar-refractivity contribution in [3.63, 3.8) is 0 Å². The molecule has 6 heteroatoms. The van der Waals surface area contributed by atoms with Crippen LogP contribution in [0.2, 0.25) is 0 Å². The average molecular weight is 344 g/mol. The fourth-order valence-electron chi connectivity index (χ4n) is 3.47. The fourth-order valence-corrected chi connectivity index (χ4v) is 3.47. The van der Waals surface area contributed by atoms with Gasteiger partial charge in [0.1, 0.15) is 6.04 Å². The second kappa shape index (κ2) is 7.68. The van der Waals surface area contributed by atoms with Crippen molar-refractivity contribution < 1.29 is 19.1 Å². The first-order chi connectivity index (χ1) is 12.1. The second-order valence-electron chi connectivity index (χ2n) is 6.55. The van der Waals surface area contributed by atoms with Crippen molar-refractivity contribution in [1.82, 2.24) is 10.2 Å². The van der Waals surface area contributed by atoms with E-state index in [2.05, 4.69) is 12.2 Å². The van der Waals surface area contributed by atoms with Crippen LogP contribution in [0.4, 0.5) is 0 Å². The van der Waals surface area contributed by atoms with E-state index < -0.39 is 18.2 Å². The predicted octanol–water partition coefficient (Wildman–Crippen LogP) is 2.54. The van der Waals surface area contributed by atoms with Crippen LogP contribution >= 0.6 is 0 Å². The van der Waals surface area contributed by atoms with Crippen molar-refractivity contribution in [2.45, 2.75) is 57.7 Å². The van der Waals surface area contributed by atoms with Crippen molar-refractivity contribution in [1.29, 1.82) is 0 Å². The van der Waals surface area contributed by atoms with Crippen molar-refractivity contribution in [2.75, 3.05) is 6.54 Å². The molecule has 0 saturated carbocycles. The summed E-state index contributed by atoms with van der Waals surface area (Å²) in [5.41, 5.74) is 1.12. The van der Waals surface area contributed by atoms with E-state index in [-0.39, 0.29) is 11.8 Å². The summed E-state index contributed by atoms with van der Waals surface area (Å²) in [5.74, 6) is -0.762. The van der Waals surface area contributed by atoms with Crippen molar-refractivity contribution in [2.24, 2.45) is 0 Å². The number of carbonyl (C=O) groups excluding carboxylic acids is 3. The van der Waals surface area contributed by atoms with Crippen molar-refractivity contribution in [3.8, 4) is 0 Å². The van der Waals surface area contributed by atoms with Crippen LogP contribution in [0.5, 0.6) is 0 Å². The number of hydrogen-bond acceptors (Lipinski definition) is 4. The molecule has 0 unspecified atom stereocenters. The number of likely N-dealkylation sites (tertiary alicyclic amines) is 1. The van der Waals surface area contributed by atoms with E-state index in [0.717, 1.165) is 25.7 Å². The van der Waals surface area contributed by atoms with E-state index in [1.165, 1.54) is 4.90 Å². The van der Waals surface area contributed by atoms with E-state index in [0.29, 0.717) is 30.5 Å². The van der Waals surface area contributed by atoms with Gasteiger partial charge in [0, 0.05) is 18.5 Å². The molecule has 0 spiro atoms. The van der Waals surface area contributed by atoms with E-state index in [1.807, 2.05) is 0 Å². The molecule has 0 aromatic heterocycles. The number of esters is 1. The Morgan fingerprint density at radius 2 is 2.04 bits per heavy atom. The van der Waals surface area contributed by atoms with Gasteiger partial charge in [0.05, 0.1) is 5.56 Å². The van der Waals surface area contributed by atoms with Gasteiger partial charge in [-0.3, -0.25) is 14.5 Å². The maximum atomic E-state index is 12.5. The number of hydrogen-bond donors (Lipinski definition) is 1. The number of benzene rings is 1. The first kappa shape index (κ1) is 17.5. The summed E-state index contributed by atoms with van der Waals surface area (Å²) in [7, 11) is 0. The molecule has 1 fully saturated rings. The normalized spacial score (nSPS) is 22.0. The van der Waals surface area contributed by atoms with Crippen LogP contribution in [-0.4, -0.2) is 35.3 Å². The van der Waals surface area contributed by atoms with Crippen LogP contribution in [0.1, 0.15) is 67.6 Å². The van der Waals surface area contributed by atoms with E-state index in [4.69, 9.17) is 4.74 Å². The highest BCUT2D eigenvalue weighted by Gasteiger charge is 2.46. The molecule has 3 rings (SSSR count). The number of rotatable bonds is 7. The van der Waals surface area contributed by atoms with Crippen molar-refractivity contribution in [3.05, 3.63) is 35.4 Å². The number of cyclic esters (lactones) is 1. The number of carbonyl (C=O) groups is 3. The Morgan fingerprint density at radius 3 is 2.84 bits per heavy atom. The summed E-state index contributed by atoms with van der Waals surface area (Å²) in [6, 6.07) is 6.44. The molecule has 2 heterocycles. The molecule has 1 aromatic rings. The van der Waals surface area contributed by atoms with Gasteiger partial charge in [-0.2, -0.15) is 0 Å². The lowest BCUT2D eigenvalue weighted by Gasteiger charge is -2.29. The number of unbranched alkanes of at least 4 members (excludes halogenated alkanes) is 3. The van der Waals surface area contributed by atoms with Crippen LogP contribution in [0.15, 0.2) is 24.3 Å². The zero-order valence-electron chi connectivity index (χ0n) is 14.5. The van der Waals surface area contributed by atoms with Gasteiger partial charge in [-0.1, -0.05) is 44.4 Å². The molecular weight excluding hydrogens is 320 g/mol. The largest absolute Gasteiger partial charge is 0.433 e. The van der Waals surface area contributed by atoms with Crippen molar-refractivity contribution >= 4 is 17.8 Å². The van der Waals surface area contributed by atoms with Gasteiger partial charge < -0.3 is 10.1 Å². The third-order valence-corrected chi connectivity index (χ3v) is 4.81. The Kier molecular flexibility index (Phi) is 5.36. The smallest absolute Gasteiger partial charge is 0.340 e. The molecule has 2 atom stereocenters. The van der Waals surface area contributed by atoms with Crippen LogP contribution < -0.4 is 5.32 Å². The van der Waals surface area contributed by atoms with Crippen LogP contribution in [0, 0.1) is 0 Å². The van der Waals surface area contributed by atoms with Gasteiger partial charge in [0.25, 0.3) is 0 Å². The summed E-state index contributed by atoms with van der Waals surface area (Å²) in [6.45, 7) is 2.75. The highest BCUT2D eigenvalue weighted by molar-refractivity contribution is 5.96. The SMILES string of the molecule is CCCCCCNC(=O)[C@H]1CCC(=O)N1[C@@H]1OC(=O)c2ccccc21. The Morgan fingerprint density at radius 1 is 1.24 bits per heavy atom. The molecule has 1 aromatic carbocycles. The molecule has 2 aliphatic heterocycles. The Bertz CT molecular complexity index is 673. The molecule has 0 bridgehead atoms. The Hall–Kier alpha value is -2.37. The third kappa shape index (κ3) is 3.52. The van der Waals surface area contributed by atoms with Gasteiger partial charge in [0.15, 0.2) is 0 Å². The minimum absolute atomic E-state index is 0.152. The highest BCUT2D eigenvalue weighted by Crippen LogP contribution is 2.38. The number of amides is 2. The number of fused-ring (bicyclic) bond motifs is 1. The summed E-state index contributed by atoms with van der Waals surface area (Å²) in [4.78, 5) is 38.4. The lowest BCUT2D eigenvalue weighted by molar-refractivity contribution is -0.145. The minimum Gasteiger partial charge on any atom is -0.433 e. The lowest BCUT2D eigenvalue weighted by atomic mass is 10.1. The maximum absolute atomic E-state index is 12.5. The molecule has 0 aliphatic carbocycles. The topological polar surface area (TPSA) is 75.7 Å². The molecule has 25 heavy (non-hydrogen) atoms. The van der Waals surface area contributed by atoms with Gasteiger partial charge in [-0.25, -0.2) is 4.79 Å². The molecule has 0 radical (unpaired) electrons. The number of nitrogens with one attached hydrogen (secondary N) is 1. The molecule has 1 saturated heterocycles. The predicted molar refractivity (Wildman–Crippen MR) is 91.6 cm³/mol. The third-order valence-electron chi connectivity index (χ3n) is 4.81. The molecule has 6 nitrogen and oxygen atoms in total. The van der Waals surface area contributed by atoms with Gasteiger partial charge >= 0.3 is 5.97 Å². The molecule has 1 N–H and O–H groups in total. The van der Waals surface area contributed by atoms with E-state index in [1.54, 1.807) is 24.3 Å². The van der Waals surface area contributed by atoms with E-state index >= 15 is 0 Å². The zero-order chi connectivity index (χ0) is 17.8. The summed E-state index contributed by atoms with van der Waals surface area (Å²) in [5, 5.41) is 2.92. The lowest BCUT2D eigenvalue weighted by Crippen LogP contribution is -2.46. The second-order valence-corrected chi connectivity index (χ2v) is 6.55. The highest BCUT2D eigenvalue weighted by atomic mass is 16.6. The quantitative estimate of drug-likeness (QED) is 0.609. The maximum Gasteiger partial charge on any atom is 0.340 e. The van der Waals surface area contributed by atoms with Crippen LogP contribution in [0.3, 0.4) is 0 Å². The number of nitrogens with zero attached hydrogens (tertiary/aromatic N) is 1. The summed E-state index contributed by atoms with van der Waals surface area (Å²) < 4.78 is 5.41. The molecule has 134 valence electrons. The standard InChI is InChI=1S/C19H24N2O4/c1-2-3-4-7-12-20-17(23)15-10-11-16(22)21(15)18-13-8-5-6-9-14(13)19(24)25-18/h5-6,8-9,15,18H,2-4,7,10-12H2,1H3,(H,20,23)/t15-,18-/m1/s1. The molecule has 2 aliphatic rings. The van der Waals surface area contributed by atoms with Gasteiger partial charge in [0.2, 0.25) is 18.0 Å². The van der Waals surface area contributed by atoms with Crippen LogP contribution in [-0.2, 0) is 14.3 Å². The monoisotopic (exact) mass is 344 g/mol. The Balaban J connectivity index is 1.69. The zero-order valence-corrected chi connectivity index (χ0v) is 14.5. The summed E-state index contributed by atoms with van der Waals surface area (Å²) in [6.07, 6.45) is 4.26. The summed E-state index contributed by atoms with van der Waals surface area (Å²) >= 11 is 0. The van der Waals surface area contributed by atoms with E-state index in [9.17, 15) is 14.4 Å². The average Bonchev–Trinajstić information content (AvgIpc) is 3.15. The first-order valence-electron chi connectivity index (χ1n) is 9.02. The first-order valence-corrected chi connectivity index (χ1v) is 9.02. The van der Waals surface area contributed by atoms with Gasteiger partial charge in [-0.05, 0) is 18.9 Å². The molecular formula is C19H24N2O4. The minimum atomic E-state index is -0.797. The van der Waals surface area contributed by atoms with Crippen LogP contribution in [0.25, 0.3) is 0 Å². The molecule has 2 amide bonds. The number of ether oxygens (including phenoxy) is 1.